The molecule has 0 saturated carbocycles. The fourth-order valence-corrected chi connectivity index (χ4v) is 3.53. The molecule has 4 heteroatoms. The van der Waals surface area contributed by atoms with E-state index in [1.165, 1.54) is 22.4 Å². The van der Waals surface area contributed by atoms with Crippen LogP contribution in [-0.4, -0.2) is 35.2 Å². The van der Waals surface area contributed by atoms with Crippen molar-refractivity contribution in [3.05, 3.63) is 28.8 Å². The Morgan fingerprint density at radius 2 is 1.71 bits per heavy atom. The van der Waals surface area contributed by atoms with Gasteiger partial charge in [-0.25, -0.2) is 4.79 Å². The van der Waals surface area contributed by atoms with Crippen molar-refractivity contribution < 1.29 is 9.53 Å². The fraction of sp³-hybridized carbons (Fsp3) is 0.650. The van der Waals surface area contributed by atoms with Crippen LogP contribution in [-0.2, 0) is 24.0 Å². The van der Waals surface area contributed by atoms with Gasteiger partial charge in [0.1, 0.15) is 5.60 Å². The molecule has 132 valence electrons. The van der Waals surface area contributed by atoms with Gasteiger partial charge in [0.05, 0.1) is 0 Å². The lowest BCUT2D eigenvalue weighted by molar-refractivity contribution is 0.0258. The van der Waals surface area contributed by atoms with E-state index >= 15 is 0 Å². The van der Waals surface area contributed by atoms with Crippen molar-refractivity contribution in [1.82, 2.24) is 4.90 Å². The lowest BCUT2D eigenvalue weighted by Crippen LogP contribution is -2.38. The number of amides is 1. The fourth-order valence-electron chi connectivity index (χ4n) is 3.53. The third kappa shape index (κ3) is 3.85. The third-order valence-corrected chi connectivity index (χ3v) is 4.87. The predicted octanol–water partition coefficient (Wildman–Crippen LogP) is 4.16. The molecule has 0 aliphatic carbocycles. The summed E-state index contributed by atoms with van der Waals surface area (Å²) in [4.78, 5) is 14.2. The van der Waals surface area contributed by atoms with Crippen molar-refractivity contribution in [2.75, 3.05) is 18.4 Å². The molecule has 3 rings (SSSR count). The molecule has 1 aromatic rings. The molecule has 0 aromatic heterocycles. The van der Waals surface area contributed by atoms with Crippen LogP contribution >= 0.6 is 0 Å². The van der Waals surface area contributed by atoms with E-state index in [2.05, 4.69) is 31.3 Å². The highest BCUT2D eigenvalue weighted by Crippen LogP contribution is 2.33. The summed E-state index contributed by atoms with van der Waals surface area (Å²) >= 11 is 0. The van der Waals surface area contributed by atoms with Crippen LogP contribution in [0.25, 0.3) is 0 Å². The first kappa shape index (κ1) is 17.1. The molecule has 0 unspecified atom stereocenters. The van der Waals surface area contributed by atoms with Gasteiger partial charge in [-0.15, -0.1) is 0 Å². The second-order valence-electron chi connectivity index (χ2n) is 8.75. The molecule has 2 aliphatic heterocycles. The second-order valence-corrected chi connectivity index (χ2v) is 8.75. The molecule has 2 heterocycles. The number of hydrogen-bond donors (Lipinski definition) is 1. The SMILES string of the molecule is CC1(C)CCc2cc3c(cc2N1)CCN(C(=O)OC(C)(C)C)CC3. The molecular formula is C20H30N2O2. The molecule has 0 spiro atoms. The maximum Gasteiger partial charge on any atom is 0.410 e. The van der Waals surface area contributed by atoms with E-state index in [-0.39, 0.29) is 11.6 Å². The minimum Gasteiger partial charge on any atom is -0.444 e. The number of nitrogens with zero attached hydrogens (tertiary/aromatic N) is 1. The van der Waals surface area contributed by atoms with Gasteiger partial charge < -0.3 is 15.0 Å². The van der Waals surface area contributed by atoms with Gasteiger partial charge in [0, 0.05) is 24.3 Å². The summed E-state index contributed by atoms with van der Waals surface area (Å²) in [6.45, 7) is 11.7. The minimum atomic E-state index is -0.440. The maximum atomic E-state index is 12.4. The van der Waals surface area contributed by atoms with E-state index in [0.717, 1.165) is 38.8 Å². The van der Waals surface area contributed by atoms with Gasteiger partial charge in [-0.2, -0.15) is 0 Å². The number of aryl methyl sites for hydroxylation is 1. The van der Waals surface area contributed by atoms with Crippen LogP contribution in [0.1, 0.15) is 57.7 Å². The van der Waals surface area contributed by atoms with E-state index in [0.29, 0.717) is 0 Å². The molecule has 1 amide bonds. The van der Waals surface area contributed by atoms with Crippen LogP contribution in [0.4, 0.5) is 10.5 Å². The van der Waals surface area contributed by atoms with E-state index in [1.807, 2.05) is 25.7 Å². The summed E-state index contributed by atoms with van der Waals surface area (Å²) in [5.41, 5.74) is 5.17. The number of hydrogen-bond acceptors (Lipinski definition) is 3. The van der Waals surface area contributed by atoms with E-state index in [4.69, 9.17) is 4.74 Å². The zero-order valence-electron chi connectivity index (χ0n) is 15.7. The lowest BCUT2D eigenvalue weighted by Gasteiger charge is -2.34. The van der Waals surface area contributed by atoms with E-state index < -0.39 is 5.60 Å². The highest BCUT2D eigenvalue weighted by atomic mass is 16.6. The molecule has 24 heavy (non-hydrogen) atoms. The molecule has 0 saturated heterocycles. The number of benzene rings is 1. The molecule has 1 aromatic carbocycles. The van der Waals surface area contributed by atoms with Gasteiger partial charge >= 0.3 is 6.09 Å². The van der Waals surface area contributed by atoms with Crippen molar-refractivity contribution in [1.29, 1.82) is 0 Å². The number of carbonyl (C=O) groups excluding carboxylic acids is 1. The Kier molecular flexibility index (Phi) is 4.27. The van der Waals surface area contributed by atoms with Crippen LogP contribution in [0.2, 0.25) is 0 Å². The first-order chi connectivity index (χ1) is 11.1. The van der Waals surface area contributed by atoms with Gasteiger partial charge in [0.15, 0.2) is 0 Å². The van der Waals surface area contributed by atoms with Crippen molar-refractivity contribution in [3.8, 4) is 0 Å². The largest absolute Gasteiger partial charge is 0.444 e. The Balaban J connectivity index is 1.76. The molecular weight excluding hydrogens is 300 g/mol. The Hall–Kier alpha value is -1.71. The molecule has 4 nitrogen and oxygen atoms in total. The maximum absolute atomic E-state index is 12.4. The first-order valence-corrected chi connectivity index (χ1v) is 9.04. The van der Waals surface area contributed by atoms with Gasteiger partial charge in [0.2, 0.25) is 0 Å². The average Bonchev–Trinajstić information content (AvgIpc) is 2.64. The number of fused-ring (bicyclic) bond motifs is 2. The summed E-state index contributed by atoms with van der Waals surface area (Å²) in [6, 6.07) is 4.66. The molecule has 2 aliphatic rings. The molecule has 0 bridgehead atoms. The van der Waals surface area contributed by atoms with E-state index in [9.17, 15) is 4.79 Å². The van der Waals surface area contributed by atoms with Crippen LogP contribution in [0.5, 0.6) is 0 Å². The monoisotopic (exact) mass is 330 g/mol. The predicted molar refractivity (Wildman–Crippen MR) is 97.7 cm³/mol. The first-order valence-electron chi connectivity index (χ1n) is 9.04. The zero-order valence-corrected chi connectivity index (χ0v) is 15.7. The van der Waals surface area contributed by atoms with Gasteiger partial charge in [-0.3, -0.25) is 0 Å². The lowest BCUT2D eigenvalue weighted by atomic mass is 9.87. The highest BCUT2D eigenvalue weighted by Gasteiger charge is 2.27. The zero-order chi connectivity index (χ0) is 17.5. The van der Waals surface area contributed by atoms with Crippen molar-refractivity contribution in [2.24, 2.45) is 0 Å². The molecule has 1 N–H and O–H groups in total. The summed E-state index contributed by atoms with van der Waals surface area (Å²) in [7, 11) is 0. The van der Waals surface area contributed by atoms with Crippen LogP contribution in [0, 0.1) is 0 Å². The average molecular weight is 330 g/mol. The topological polar surface area (TPSA) is 41.6 Å². The number of carbonyl (C=O) groups is 1. The number of anilines is 1. The second kappa shape index (κ2) is 5.98. The van der Waals surface area contributed by atoms with Crippen molar-refractivity contribution in [2.45, 2.75) is 71.4 Å². The summed E-state index contributed by atoms with van der Waals surface area (Å²) in [6.07, 6.45) is 3.88. The van der Waals surface area contributed by atoms with Gasteiger partial charge in [0.25, 0.3) is 0 Å². The number of nitrogens with one attached hydrogen (secondary N) is 1. The number of ether oxygens (including phenoxy) is 1. The normalized spacial score (nSPS) is 19.6. The molecule has 0 radical (unpaired) electrons. The smallest absolute Gasteiger partial charge is 0.410 e. The van der Waals surface area contributed by atoms with Crippen LogP contribution in [0.15, 0.2) is 12.1 Å². The van der Waals surface area contributed by atoms with Gasteiger partial charge in [-0.1, -0.05) is 6.07 Å². The minimum absolute atomic E-state index is 0.161. The Morgan fingerprint density at radius 3 is 2.33 bits per heavy atom. The Morgan fingerprint density at radius 1 is 1.08 bits per heavy atom. The standard InChI is InChI=1S/C20H30N2O2/c1-19(2,3)24-18(23)22-10-7-14-12-16-6-9-20(4,5)21-17(16)13-15(14)8-11-22/h12-13,21H,6-11H2,1-5H3. The highest BCUT2D eigenvalue weighted by molar-refractivity contribution is 5.68. The summed E-state index contributed by atoms with van der Waals surface area (Å²) < 4.78 is 5.53. The third-order valence-electron chi connectivity index (χ3n) is 4.87. The Bertz CT molecular complexity index is 644. The van der Waals surface area contributed by atoms with Crippen molar-refractivity contribution in [3.63, 3.8) is 0 Å². The molecule has 0 atom stereocenters. The quantitative estimate of drug-likeness (QED) is 0.776. The van der Waals surface area contributed by atoms with Crippen LogP contribution < -0.4 is 5.32 Å². The van der Waals surface area contributed by atoms with E-state index in [1.54, 1.807) is 0 Å². The summed E-state index contributed by atoms with van der Waals surface area (Å²) in [5, 5.41) is 3.67. The summed E-state index contributed by atoms with van der Waals surface area (Å²) in [5.74, 6) is 0. The Labute approximate surface area is 145 Å². The molecule has 0 fully saturated rings. The van der Waals surface area contributed by atoms with Gasteiger partial charge in [-0.05, 0) is 83.1 Å². The number of rotatable bonds is 0. The van der Waals surface area contributed by atoms with Crippen LogP contribution in [0.3, 0.4) is 0 Å². The van der Waals surface area contributed by atoms with Crippen molar-refractivity contribution >= 4 is 11.8 Å².